The van der Waals surface area contributed by atoms with Gasteiger partial charge in [-0.1, -0.05) is 0 Å². The molecule has 0 bridgehead atoms. The van der Waals surface area contributed by atoms with Crippen LogP contribution in [0.5, 0.6) is 0 Å². The highest BCUT2D eigenvalue weighted by molar-refractivity contribution is 7.10. The minimum atomic E-state index is 0.0439. The van der Waals surface area contributed by atoms with Gasteiger partial charge in [0.15, 0.2) is 0 Å². The molecule has 100 valence electrons. The number of hydrogen-bond acceptors (Lipinski definition) is 5. The standard InChI is InChI=1S/C12H15N5OS/c1-7-10(11(13-2)19-16-7)12(18)17-4-3-9-8(6-17)5-14-15-9/h5,13H,3-4,6H2,1-2H3,(H,14,15). The summed E-state index contributed by atoms with van der Waals surface area (Å²) in [7, 11) is 1.81. The van der Waals surface area contributed by atoms with E-state index in [-0.39, 0.29) is 5.91 Å². The second-order valence-corrected chi connectivity index (χ2v) is 5.35. The molecule has 3 rings (SSSR count). The van der Waals surface area contributed by atoms with E-state index in [9.17, 15) is 4.79 Å². The number of carbonyl (C=O) groups is 1. The fraction of sp³-hybridized carbons (Fsp3) is 0.417. The molecule has 0 aromatic carbocycles. The molecular formula is C12H15N5OS. The highest BCUT2D eigenvalue weighted by atomic mass is 32.1. The van der Waals surface area contributed by atoms with Gasteiger partial charge in [-0.05, 0) is 18.5 Å². The van der Waals surface area contributed by atoms with Gasteiger partial charge in [0, 0.05) is 37.8 Å². The summed E-state index contributed by atoms with van der Waals surface area (Å²) in [5, 5.41) is 10.9. The van der Waals surface area contributed by atoms with E-state index in [1.54, 1.807) is 6.20 Å². The van der Waals surface area contributed by atoms with Crippen LogP contribution in [0, 0.1) is 6.92 Å². The molecule has 0 unspecified atom stereocenters. The van der Waals surface area contributed by atoms with Gasteiger partial charge in [0.05, 0.1) is 17.5 Å². The Balaban J connectivity index is 1.87. The summed E-state index contributed by atoms with van der Waals surface area (Å²) in [6, 6.07) is 0. The first-order valence-corrected chi connectivity index (χ1v) is 6.92. The molecule has 1 aliphatic heterocycles. The molecule has 0 fully saturated rings. The predicted octanol–water partition coefficient (Wildman–Crippen LogP) is 1.41. The smallest absolute Gasteiger partial charge is 0.259 e. The minimum Gasteiger partial charge on any atom is -0.378 e. The van der Waals surface area contributed by atoms with Crippen LogP contribution in [0.1, 0.15) is 27.3 Å². The maximum Gasteiger partial charge on any atom is 0.259 e. The van der Waals surface area contributed by atoms with E-state index in [2.05, 4.69) is 19.9 Å². The number of hydrogen-bond donors (Lipinski definition) is 2. The van der Waals surface area contributed by atoms with E-state index >= 15 is 0 Å². The van der Waals surface area contributed by atoms with Crippen molar-refractivity contribution in [2.45, 2.75) is 19.9 Å². The minimum absolute atomic E-state index is 0.0439. The molecule has 1 aliphatic rings. The van der Waals surface area contributed by atoms with Gasteiger partial charge in [0.2, 0.25) is 0 Å². The first kappa shape index (κ1) is 12.2. The van der Waals surface area contributed by atoms with Gasteiger partial charge in [0.25, 0.3) is 5.91 Å². The largest absolute Gasteiger partial charge is 0.378 e. The predicted molar refractivity (Wildman–Crippen MR) is 73.4 cm³/mol. The maximum absolute atomic E-state index is 12.6. The normalized spacial score (nSPS) is 14.3. The van der Waals surface area contributed by atoms with Gasteiger partial charge in [-0.3, -0.25) is 9.89 Å². The molecule has 2 N–H and O–H groups in total. The number of nitrogens with one attached hydrogen (secondary N) is 2. The highest BCUT2D eigenvalue weighted by Crippen LogP contribution is 2.27. The first-order chi connectivity index (χ1) is 9.20. The number of fused-ring (bicyclic) bond motifs is 1. The van der Waals surface area contributed by atoms with Gasteiger partial charge in [-0.25, -0.2) is 0 Å². The van der Waals surface area contributed by atoms with Crippen LogP contribution >= 0.6 is 11.5 Å². The summed E-state index contributed by atoms with van der Waals surface area (Å²) in [4.78, 5) is 14.5. The van der Waals surface area contributed by atoms with Crippen molar-refractivity contribution in [2.75, 3.05) is 18.9 Å². The number of rotatable bonds is 2. The van der Waals surface area contributed by atoms with Crippen LogP contribution in [-0.4, -0.2) is 39.0 Å². The number of H-pyrrole nitrogens is 1. The second-order valence-electron chi connectivity index (χ2n) is 4.57. The number of aromatic nitrogens is 3. The Hall–Kier alpha value is -1.89. The summed E-state index contributed by atoms with van der Waals surface area (Å²) < 4.78 is 4.25. The number of aromatic amines is 1. The topological polar surface area (TPSA) is 73.9 Å². The highest BCUT2D eigenvalue weighted by Gasteiger charge is 2.27. The molecule has 0 spiro atoms. The molecule has 7 heteroatoms. The van der Waals surface area contributed by atoms with Crippen molar-refractivity contribution in [1.82, 2.24) is 19.5 Å². The number of anilines is 1. The number of carbonyl (C=O) groups excluding carboxylic acids is 1. The van der Waals surface area contributed by atoms with Crippen molar-refractivity contribution in [3.8, 4) is 0 Å². The summed E-state index contributed by atoms with van der Waals surface area (Å²) in [6.07, 6.45) is 2.62. The average molecular weight is 277 g/mol. The van der Waals surface area contributed by atoms with E-state index in [0.29, 0.717) is 18.7 Å². The third-order valence-electron chi connectivity index (χ3n) is 3.39. The van der Waals surface area contributed by atoms with Crippen LogP contribution < -0.4 is 5.32 Å². The molecule has 2 aromatic heterocycles. The van der Waals surface area contributed by atoms with Crippen LogP contribution in [0.2, 0.25) is 0 Å². The third kappa shape index (κ3) is 1.99. The lowest BCUT2D eigenvalue weighted by molar-refractivity contribution is 0.0735. The molecule has 6 nitrogen and oxygen atoms in total. The number of amides is 1. The summed E-state index contributed by atoms with van der Waals surface area (Å²) in [6.45, 7) is 3.20. The first-order valence-electron chi connectivity index (χ1n) is 6.15. The van der Waals surface area contributed by atoms with Crippen molar-refractivity contribution < 1.29 is 4.79 Å². The van der Waals surface area contributed by atoms with E-state index < -0.39 is 0 Å². The zero-order valence-corrected chi connectivity index (χ0v) is 11.7. The van der Waals surface area contributed by atoms with Crippen LogP contribution in [-0.2, 0) is 13.0 Å². The lowest BCUT2D eigenvalue weighted by Gasteiger charge is -2.26. The molecule has 2 aromatic rings. The van der Waals surface area contributed by atoms with Gasteiger partial charge >= 0.3 is 0 Å². The van der Waals surface area contributed by atoms with Gasteiger partial charge in [-0.2, -0.15) is 9.47 Å². The molecule has 19 heavy (non-hydrogen) atoms. The Kier molecular flexibility index (Phi) is 2.98. The Labute approximate surface area is 115 Å². The SMILES string of the molecule is CNc1snc(C)c1C(=O)N1CCc2[nH]ncc2C1. The van der Waals surface area contributed by atoms with Crippen LogP contribution in [0.25, 0.3) is 0 Å². The van der Waals surface area contributed by atoms with Crippen molar-refractivity contribution in [1.29, 1.82) is 0 Å². The second kappa shape index (κ2) is 4.65. The average Bonchev–Trinajstić information content (AvgIpc) is 3.02. The van der Waals surface area contributed by atoms with Gasteiger partial charge in [-0.15, -0.1) is 0 Å². The van der Waals surface area contributed by atoms with Crippen molar-refractivity contribution in [3.63, 3.8) is 0 Å². The monoisotopic (exact) mass is 277 g/mol. The molecular weight excluding hydrogens is 262 g/mol. The quantitative estimate of drug-likeness (QED) is 0.870. The van der Waals surface area contributed by atoms with Crippen LogP contribution in [0.3, 0.4) is 0 Å². The lowest BCUT2D eigenvalue weighted by Crippen LogP contribution is -2.36. The van der Waals surface area contributed by atoms with E-state index in [1.807, 2.05) is 18.9 Å². The molecule has 0 radical (unpaired) electrons. The Morgan fingerprint density at radius 1 is 1.58 bits per heavy atom. The summed E-state index contributed by atoms with van der Waals surface area (Å²) in [5.74, 6) is 0.0439. The van der Waals surface area contributed by atoms with Crippen molar-refractivity contribution >= 4 is 22.4 Å². The molecule has 0 saturated heterocycles. The molecule has 1 amide bonds. The molecule has 0 saturated carbocycles. The number of aryl methyl sites for hydroxylation is 1. The fourth-order valence-electron chi connectivity index (χ4n) is 2.35. The Bertz CT molecular complexity index is 617. The van der Waals surface area contributed by atoms with Crippen LogP contribution in [0.4, 0.5) is 5.00 Å². The van der Waals surface area contributed by atoms with E-state index in [4.69, 9.17) is 0 Å². The van der Waals surface area contributed by atoms with E-state index in [0.717, 1.165) is 28.4 Å². The summed E-state index contributed by atoms with van der Waals surface area (Å²) in [5.41, 5.74) is 3.72. The zero-order valence-electron chi connectivity index (χ0n) is 10.9. The molecule has 3 heterocycles. The van der Waals surface area contributed by atoms with Crippen LogP contribution in [0.15, 0.2) is 6.20 Å². The Morgan fingerprint density at radius 2 is 2.42 bits per heavy atom. The lowest BCUT2D eigenvalue weighted by atomic mass is 10.1. The van der Waals surface area contributed by atoms with E-state index in [1.165, 1.54) is 11.5 Å². The Morgan fingerprint density at radius 3 is 3.21 bits per heavy atom. The van der Waals surface area contributed by atoms with Crippen molar-refractivity contribution in [3.05, 3.63) is 28.7 Å². The third-order valence-corrected chi connectivity index (χ3v) is 4.35. The fourth-order valence-corrected chi connectivity index (χ4v) is 3.08. The molecule has 0 aliphatic carbocycles. The zero-order chi connectivity index (χ0) is 13.4. The van der Waals surface area contributed by atoms with Crippen molar-refractivity contribution in [2.24, 2.45) is 0 Å². The van der Waals surface area contributed by atoms with Gasteiger partial charge < -0.3 is 10.2 Å². The molecule has 0 atom stereocenters. The number of nitrogens with zero attached hydrogens (tertiary/aromatic N) is 3. The summed E-state index contributed by atoms with van der Waals surface area (Å²) >= 11 is 1.33. The maximum atomic E-state index is 12.6. The van der Waals surface area contributed by atoms with Gasteiger partial charge in [0.1, 0.15) is 5.00 Å².